The number of nitrogens with zero attached hydrogens (tertiary/aromatic N) is 1. The molecule has 7 nitrogen and oxygen atoms in total. The topological polar surface area (TPSA) is 104 Å². The average Bonchev–Trinajstić information content (AvgIpc) is 2.96. The zero-order valence-electron chi connectivity index (χ0n) is 10.6. The summed E-state index contributed by atoms with van der Waals surface area (Å²) in [5.41, 5.74) is 0. The van der Waals surface area contributed by atoms with Gasteiger partial charge in [0.05, 0.1) is 11.8 Å². The Hall–Kier alpha value is -2.18. The molecule has 1 saturated heterocycles. The minimum absolute atomic E-state index is 0.103. The summed E-state index contributed by atoms with van der Waals surface area (Å²) in [4.78, 5) is 47.7. The Kier molecular flexibility index (Phi) is 2.84. The minimum atomic E-state index is -0.993. The number of amides is 3. The predicted octanol–water partition coefficient (Wildman–Crippen LogP) is -1.01. The quantitative estimate of drug-likeness (QED) is 0.498. The Morgan fingerprint density at radius 1 is 1.10 bits per heavy atom. The Balaban J connectivity index is 1.83. The Labute approximate surface area is 114 Å². The van der Waals surface area contributed by atoms with Crippen LogP contribution in [0.5, 0.6) is 0 Å². The Morgan fingerprint density at radius 3 is 2.20 bits per heavy atom. The molecule has 2 fully saturated rings. The van der Waals surface area contributed by atoms with E-state index in [1.165, 1.54) is 0 Å². The Bertz CT molecular complexity index is 525. The lowest BCUT2D eigenvalue weighted by molar-refractivity contribution is -0.154. The lowest BCUT2D eigenvalue weighted by Crippen LogP contribution is -2.55. The van der Waals surface area contributed by atoms with Crippen molar-refractivity contribution >= 4 is 23.7 Å². The van der Waals surface area contributed by atoms with Crippen LogP contribution >= 0.6 is 0 Å². The Morgan fingerprint density at radius 2 is 1.65 bits per heavy atom. The van der Waals surface area contributed by atoms with Gasteiger partial charge < -0.3 is 10.0 Å². The molecule has 0 aromatic carbocycles. The van der Waals surface area contributed by atoms with Crippen molar-refractivity contribution in [2.45, 2.75) is 6.42 Å². The molecular formula is C13H14N2O5. The van der Waals surface area contributed by atoms with Crippen LogP contribution in [-0.4, -0.2) is 46.8 Å². The van der Waals surface area contributed by atoms with Crippen molar-refractivity contribution in [2.24, 2.45) is 23.7 Å². The first-order valence-corrected chi connectivity index (χ1v) is 6.50. The number of aliphatic carboxylic acids is 1. The number of hydrogen-bond acceptors (Lipinski definition) is 4. The first-order chi connectivity index (χ1) is 9.47. The van der Waals surface area contributed by atoms with Gasteiger partial charge in [-0.2, -0.15) is 0 Å². The zero-order valence-corrected chi connectivity index (χ0v) is 10.6. The standard InChI is InChI=1S/C13H14N2O5/c16-8-4-15(5-9(17)14-8)12(18)10-6-1-2-7(3-6)11(10)13(19)20/h1-2,6-7,10-11H,3-5H2,(H,19,20)(H,14,16,17)/t6?,7?,10-,11+/m0/s1. The molecule has 7 heteroatoms. The van der Waals surface area contributed by atoms with E-state index in [1.807, 2.05) is 12.2 Å². The maximum absolute atomic E-state index is 12.5. The molecule has 106 valence electrons. The van der Waals surface area contributed by atoms with Crippen molar-refractivity contribution in [2.75, 3.05) is 13.1 Å². The highest BCUT2D eigenvalue weighted by atomic mass is 16.4. The molecule has 2 N–H and O–H groups in total. The third kappa shape index (κ3) is 1.90. The van der Waals surface area contributed by atoms with Crippen LogP contribution < -0.4 is 5.32 Å². The fourth-order valence-corrected chi connectivity index (χ4v) is 3.50. The molecule has 1 saturated carbocycles. The van der Waals surface area contributed by atoms with E-state index in [1.54, 1.807) is 0 Å². The fourth-order valence-electron chi connectivity index (χ4n) is 3.50. The van der Waals surface area contributed by atoms with Crippen LogP contribution in [0.3, 0.4) is 0 Å². The maximum Gasteiger partial charge on any atom is 0.307 e. The first-order valence-electron chi connectivity index (χ1n) is 6.50. The molecule has 0 radical (unpaired) electrons. The second-order valence-electron chi connectivity index (χ2n) is 5.50. The van der Waals surface area contributed by atoms with E-state index < -0.39 is 35.5 Å². The van der Waals surface area contributed by atoms with Gasteiger partial charge in [-0.3, -0.25) is 24.5 Å². The fraction of sp³-hybridized carbons (Fsp3) is 0.538. The second-order valence-corrected chi connectivity index (χ2v) is 5.50. The number of piperazine rings is 1. The number of carbonyl (C=O) groups excluding carboxylic acids is 3. The van der Waals surface area contributed by atoms with Gasteiger partial charge in [-0.05, 0) is 18.3 Å². The van der Waals surface area contributed by atoms with Crippen molar-refractivity contribution in [3.8, 4) is 0 Å². The molecule has 0 aromatic rings. The van der Waals surface area contributed by atoms with Gasteiger partial charge in [-0.25, -0.2) is 0 Å². The summed E-state index contributed by atoms with van der Waals surface area (Å²) in [7, 11) is 0. The molecule has 2 aliphatic carbocycles. The predicted molar refractivity (Wildman–Crippen MR) is 65.1 cm³/mol. The number of rotatable bonds is 2. The summed E-state index contributed by atoms with van der Waals surface area (Å²) >= 11 is 0. The first kappa shape index (κ1) is 12.8. The number of allylic oxidation sites excluding steroid dienone is 2. The third-order valence-electron chi connectivity index (χ3n) is 4.29. The van der Waals surface area contributed by atoms with Gasteiger partial charge in [-0.15, -0.1) is 0 Å². The third-order valence-corrected chi connectivity index (χ3v) is 4.29. The highest BCUT2D eigenvalue weighted by Gasteiger charge is 2.53. The van der Waals surface area contributed by atoms with Gasteiger partial charge in [0.15, 0.2) is 0 Å². The summed E-state index contributed by atoms with van der Waals surface area (Å²) in [6, 6.07) is 0. The number of carbonyl (C=O) groups is 4. The van der Waals surface area contributed by atoms with Crippen molar-refractivity contribution in [1.29, 1.82) is 0 Å². The van der Waals surface area contributed by atoms with Crippen LogP contribution in [-0.2, 0) is 19.2 Å². The van der Waals surface area contributed by atoms with Crippen LogP contribution in [0.4, 0.5) is 0 Å². The molecule has 3 amide bonds. The lowest BCUT2D eigenvalue weighted by atomic mass is 9.82. The SMILES string of the molecule is O=C1CN(C(=O)[C@H]2C3C=CC(C3)[C@H]2C(=O)O)CC(=O)N1. The van der Waals surface area contributed by atoms with E-state index in [0.29, 0.717) is 6.42 Å². The molecular weight excluding hydrogens is 264 g/mol. The van der Waals surface area contributed by atoms with Crippen LogP contribution in [0.25, 0.3) is 0 Å². The molecule has 0 aromatic heterocycles. The van der Waals surface area contributed by atoms with E-state index >= 15 is 0 Å². The van der Waals surface area contributed by atoms with Gasteiger partial charge in [-0.1, -0.05) is 12.2 Å². The van der Waals surface area contributed by atoms with E-state index in [4.69, 9.17) is 0 Å². The van der Waals surface area contributed by atoms with E-state index in [0.717, 1.165) is 4.90 Å². The van der Waals surface area contributed by atoms with Crippen LogP contribution in [0.1, 0.15) is 6.42 Å². The molecule has 0 spiro atoms. The van der Waals surface area contributed by atoms with Gasteiger partial charge >= 0.3 is 5.97 Å². The number of imide groups is 1. The molecule has 4 atom stereocenters. The van der Waals surface area contributed by atoms with Crippen molar-refractivity contribution < 1.29 is 24.3 Å². The van der Waals surface area contributed by atoms with Gasteiger partial charge in [0.25, 0.3) is 0 Å². The molecule has 2 bridgehead atoms. The molecule has 1 aliphatic heterocycles. The number of fused-ring (bicyclic) bond motifs is 2. The van der Waals surface area contributed by atoms with Crippen molar-refractivity contribution in [3.05, 3.63) is 12.2 Å². The number of hydrogen-bond donors (Lipinski definition) is 2. The van der Waals surface area contributed by atoms with E-state index in [-0.39, 0.29) is 24.9 Å². The smallest absolute Gasteiger partial charge is 0.307 e. The zero-order chi connectivity index (χ0) is 14.4. The monoisotopic (exact) mass is 278 g/mol. The summed E-state index contributed by atoms with van der Waals surface area (Å²) in [5.74, 6) is -4.10. The molecule has 20 heavy (non-hydrogen) atoms. The van der Waals surface area contributed by atoms with E-state index in [2.05, 4.69) is 5.32 Å². The molecule has 2 unspecified atom stereocenters. The summed E-state index contributed by atoms with van der Waals surface area (Å²) in [5, 5.41) is 11.4. The number of nitrogens with one attached hydrogen (secondary N) is 1. The summed E-state index contributed by atoms with van der Waals surface area (Å²) in [6.45, 7) is -0.372. The van der Waals surface area contributed by atoms with Crippen LogP contribution in [0.15, 0.2) is 12.2 Å². The molecule has 3 rings (SSSR count). The normalized spacial score (nSPS) is 35.3. The number of carboxylic acids is 1. The highest BCUT2D eigenvalue weighted by Crippen LogP contribution is 2.48. The van der Waals surface area contributed by atoms with Gasteiger partial charge in [0.2, 0.25) is 17.7 Å². The molecule has 3 aliphatic rings. The van der Waals surface area contributed by atoms with Crippen molar-refractivity contribution in [3.63, 3.8) is 0 Å². The van der Waals surface area contributed by atoms with Crippen LogP contribution in [0.2, 0.25) is 0 Å². The lowest BCUT2D eigenvalue weighted by Gasteiger charge is -2.32. The number of carboxylic acid groups (broad SMARTS) is 1. The largest absolute Gasteiger partial charge is 0.481 e. The summed E-state index contributed by atoms with van der Waals surface area (Å²) in [6.07, 6.45) is 4.38. The summed E-state index contributed by atoms with van der Waals surface area (Å²) < 4.78 is 0. The second kappa shape index (κ2) is 4.43. The maximum atomic E-state index is 12.5. The van der Waals surface area contributed by atoms with Gasteiger partial charge in [0.1, 0.15) is 13.1 Å². The highest BCUT2D eigenvalue weighted by molar-refractivity contribution is 6.03. The van der Waals surface area contributed by atoms with E-state index in [9.17, 15) is 24.3 Å². The van der Waals surface area contributed by atoms with Crippen LogP contribution in [0, 0.1) is 23.7 Å². The van der Waals surface area contributed by atoms with Gasteiger partial charge in [0, 0.05) is 0 Å². The van der Waals surface area contributed by atoms with Crippen molar-refractivity contribution in [1.82, 2.24) is 10.2 Å². The minimum Gasteiger partial charge on any atom is -0.481 e. The average molecular weight is 278 g/mol. The molecule has 1 heterocycles.